The molecule has 0 saturated heterocycles. The smallest absolute Gasteiger partial charge is 0.0130 e. The molecular weight excluding hydrogens is 379 g/mol. The fraction of sp³-hybridized carbons (Fsp3) is 0.333. The van der Waals surface area contributed by atoms with Gasteiger partial charge >= 0.3 is 0 Å². The maximum Gasteiger partial charge on any atom is 0.0130 e. The quantitative estimate of drug-likeness (QED) is 0.506. The summed E-state index contributed by atoms with van der Waals surface area (Å²) in [5.41, 5.74) is 4.85. The SMILES string of the molecule is CC1(C)C2CC(c3ccc(I)cc3)=CC=C2C2C=CC=CC21. The Kier molecular flexibility index (Phi) is 3.44. The van der Waals surface area contributed by atoms with Gasteiger partial charge < -0.3 is 0 Å². The summed E-state index contributed by atoms with van der Waals surface area (Å²) in [7, 11) is 0. The minimum absolute atomic E-state index is 0.334. The van der Waals surface area contributed by atoms with E-state index in [1.807, 2.05) is 0 Å². The predicted octanol–water partition coefficient (Wildman–Crippen LogP) is 6.02. The van der Waals surface area contributed by atoms with Crippen LogP contribution in [0.15, 0.2) is 66.3 Å². The highest BCUT2D eigenvalue weighted by atomic mass is 127. The summed E-state index contributed by atoms with van der Waals surface area (Å²) in [6.07, 6.45) is 15.2. The number of hydrogen-bond donors (Lipinski definition) is 0. The summed E-state index contributed by atoms with van der Waals surface area (Å²) in [6.45, 7) is 4.91. The first kappa shape index (κ1) is 14.5. The Bertz CT molecular complexity index is 713. The lowest BCUT2D eigenvalue weighted by Gasteiger charge is -2.34. The Hall–Kier alpha value is -1.09. The molecule has 3 aliphatic rings. The van der Waals surface area contributed by atoms with Gasteiger partial charge in [0.05, 0.1) is 0 Å². The zero-order valence-electron chi connectivity index (χ0n) is 13.1. The van der Waals surface area contributed by atoms with Crippen LogP contribution in [-0.2, 0) is 0 Å². The third kappa shape index (κ3) is 2.17. The first-order chi connectivity index (χ1) is 10.6. The van der Waals surface area contributed by atoms with Crippen LogP contribution in [0.3, 0.4) is 0 Å². The summed E-state index contributed by atoms with van der Waals surface area (Å²) < 4.78 is 1.30. The molecule has 0 spiro atoms. The monoisotopic (exact) mass is 400 g/mol. The maximum atomic E-state index is 2.45. The number of fused-ring (bicyclic) bond motifs is 3. The fourth-order valence-corrected chi connectivity index (χ4v) is 4.86. The summed E-state index contributed by atoms with van der Waals surface area (Å²) in [6, 6.07) is 8.95. The molecule has 0 heterocycles. The van der Waals surface area contributed by atoms with Gasteiger partial charge in [0, 0.05) is 9.49 Å². The second-order valence-corrected chi connectivity index (χ2v) is 8.51. The van der Waals surface area contributed by atoms with E-state index >= 15 is 0 Å². The minimum Gasteiger partial charge on any atom is -0.0800 e. The van der Waals surface area contributed by atoms with E-state index in [1.165, 1.54) is 21.1 Å². The fourth-order valence-electron chi connectivity index (χ4n) is 4.50. The van der Waals surface area contributed by atoms with E-state index in [2.05, 4.69) is 97.2 Å². The number of allylic oxidation sites excluding steroid dienone is 8. The average Bonchev–Trinajstić information content (AvgIpc) is 2.77. The maximum absolute atomic E-state index is 2.45. The van der Waals surface area contributed by atoms with Crippen molar-refractivity contribution >= 4 is 28.2 Å². The van der Waals surface area contributed by atoms with Crippen LogP contribution in [0.4, 0.5) is 0 Å². The molecule has 1 saturated carbocycles. The highest BCUT2D eigenvalue weighted by Gasteiger charge is 2.50. The lowest BCUT2D eigenvalue weighted by molar-refractivity contribution is 0.220. The van der Waals surface area contributed by atoms with Crippen molar-refractivity contribution in [3.63, 3.8) is 0 Å². The average molecular weight is 400 g/mol. The molecule has 0 aliphatic heterocycles. The van der Waals surface area contributed by atoms with Crippen LogP contribution in [0.5, 0.6) is 0 Å². The highest BCUT2D eigenvalue weighted by molar-refractivity contribution is 14.1. The molecule has 0 aromatic heterocycles. The highest BCUT2D eigenvalue weighted by Crippen LogP contribution is 2.59. The normalized spacial score (nSPS) is 31.3. The molecule has 0 bridgehead atoms. The molecule has 0 amide bonds. The largest absolute Gasteiger partial charge is 0.0800 e. The number of benzene rings is 1. The lowest BCUT2D eigenvalue weighted by atomic mass is 9.70. The third-order valence-corrected chi connectivity index (χ3v) is 6.51. The van der Waals surface area contributed by atoms with Gasteiger partial charge in [0.15, 0.2) is 0 Å². The summed E-state index contributed by atoms with van der Waals surface area (Å²) in [4.78, 5) is 0. The van der Waals surface area contributed by atoms with Crippen LogP contribution in [-0.4, -0.2) is 0 Å². The van der Waals surface area contributed by atoms with Crippen molar-refractivity contribution < 1.29 is 0 Å². The molecule has 4 rings (SSSR count). The van der Waals surface area contributed by atoms with E-state index in [1.54, 1.807) is 5.57 Å². The van der Waals surface area contributed by atoms with Crippen molar-refractivity contribution in [1.82, 2.24) is 0 Å². The van der Waals surface area contributed by atoms with E-state index in [9.17, 15) is 0 Å². The Morgan fingerprint density at radius 3 is 2.50 bits per heavy atom. The van der Waals surface area contributed by atoms with Crippen LogP contribution in [0.2, 0.25) is 0 Å². The third-order valence-electron chi connectivity index (χ3n) is 5.80. The zero-order chi connectivity index (χ0) is 15.3. The molecule has 1 aromatic carbocycles. The van der Waals surface area contributed by atoms with Crippen LogP contribution >= 0.6 is 22.6 Å². The Morgan fingerprint density at radius 1 is 1.00 bits per heavy atom. The van der Waals surface area contributed by atoms with Crippen molar-refractivity contribution in [1.29, 1.82) is 0 Å². The Morgan fingerprint density at radius 2 is 1.73 bits per heavy atom. The van der Waals surface area contributed by atoms with Crippen LogP contribution < -0.4 is 0 Å². The molecule has 0 nitrogen and oxygen atoms in total. The number of rotatable bonds is 1. The molecule has 22 heavy (non-hydrogen) atoms. The summed E-state index contributed by atoms with van der Waals surface area (Å²) in [5.74, 6) is 1.92. The van der Waals surface area contributed by atoms with E-state index in [0.29, 0.717) is 23.2 Å². The van der Waals surface area contributed by atoms with Gasteiger partial charge in [-0.05, 0) is 69.5 Å². The molecule has 1 fully saturated rings. The van der Waals surface area contributed by atoms with E-state index < -0.39 is 0 Å². The Labute approximate surface area is 146 Å². The van der Waals surface area contributed by atoms with Crippen molar-refractivity contribution in [2.24, 2.45) is 23.2 Å². The van der Waals surface area contributed by atoms with Gasteiger partial charge in [0.25, 0.3) is 0 Å². The van der Waals surface area contributed by atoms with Crippen molar-refractivity contribution in [2.45, 2.75) is 20.3 Å². The molecular formula is C21H21I. The van der Waals surface area contributed by atoms with Gasteiger partial charge in [-0.25, -0.2) is 0 Å². The van der Waals surface area contributed by atoms with Gasteiger partial charge in [-0.15, -0.1) is 0 Å². The summed E-state index contributed by atoms with van der Waals surface area (Å²) in [5, 5.41) is 0. The van der Waals surface area contributed by atoms with Gasteiger partial charge in [-0.3, -0.25) is 0 Å². The molecule has 3 unspecified atom stereocenters. The summed E-state index contributed by atoms with van der Waals surface area (Å²) >= 11 is 2.37. The molecule has 3 atom stereocenters. The first-order valence-electron chi connectivity index (χ1n) is 8.09. The molecule has 1 heteroatoms. The first-order valence-corrected chi connectivity index (χ1v) is 9.17. The molecule has 0 N–H and O–H groups in total. The van der Waals surface area contributed by atoms with Crippen molar-refractivity contribution in [3.05, 3.63) is 75.4 Å². The number of halogens is 1. The minimum atomic E-state index is 0.334. The van der Waals surface area contributed by atoms with Gasteiger partial charge in [0.1, 0.15) is 0 Å². The predicted molar refractivity (Wildman–Crippen MR) is 102 cm³/mol. The second kappa shape index (κ2) is 5.23. The van der Waals surface area contributed by atoms with Gasteiger partial charge in [-0.2, -0.15) is 0 Å². The van der Waals surface area contributed by atoms with Crippen molar-refractivity contribution in [3.8, 4) is 0 Å². The standard InChI is InChI=1S/C21H21I/c1-21(2)19-6-4-3-5-17(19)18-12-9-15(13-20(18)21)14-7-10-16(22)11-8-14/h3-12,17,19-20H,13H2,1-2H3. The van der Waals surface area contributed by atoms with Crippen LogP contribution in [0.25, 0.3) is 5.57 Å². The van der Waals surface area contributed by atoms with Crippen LogP contribution in [0.1, 0.15) is 25.8 Å². The second-order valence-electron chi connectivity index (χ2n) is 7.26. The molecule has 1 aromatic rings. The topological polar surface area (TPSA) is 0 Å². The van der Waals surface area contributed by atoms with E-state index in [4.69, 9.17) is 0 Å². The van der Waals surface area contributed by atoms with Crippen LogP contribution in [0, 0.1) is 26.7 Å². The molecule has 112 valence electrons. The Balaban J connectivity index is 1.72. The van der Waals surface area contributed by atoms with Gasteiger partial charge in [-0.1, -0.05) is 68.0 Å². The van der Waals surface area contributed by atoms with E-state index in [-0.39, 0.29) is 0 Å². The van der Waals surface area contributed by atoms with E-state index in [0.717, 1.165) is 0 Å². The molecule has 3 aliphatic carbocycles. The lowest BCUT2D eigenvalue weighted by Crippen LogP contribution is -2.26. The zero-order valence-corrected chi connectivity index (χ0v) is 15.2. The number of hydrogen-bond acceptors (Lipinski definition) is 0. The van der Waals surface area contributed by atoms with Gasteiger partial charge in [0.2, 0.25) is 0 Å². The van der Waals surface area contributed by atoms with Crippen molar-refractivity contribution in [2.75, 3.05) is 0 Å². The molecule has 0 radical (unpaired) electrons.